The molecule has 0 spiro atoms. The molecule has 1 aromatic rings. The standard InChI is InChI=1S/C18H25NO4/c1-23-15-9-7-14(8-10-15)12-19-17(20)16(18(21)22)11-13-5-3-2-4-6-13/h7-10,13,16H,2-6,11-12H2,1H3,(H,19,20)(H,21,22). The number of benzene rings is 1. The molecule has 0 heterocycles. The fourth-order valence-electron chi connectivity index (χ4n) is 3.13. The average Bonchev–Trinajstić information content (AvgIpc) is 2.58. The Hall–Kier alpha value is -2.04. The lowest BCUT2D eigenvalue weighted by Gasteiger charge is -2.24. The Bertz CT molecular complexity index is 520. The van der Waals surface area contributed by atoms with Gasteiger partial charge in [-0.1, -0.05) is 44.2 Å². The van der Waals surface area contributed by atoms with E-state index in [0.717, 1.165) is 37.0 Å². The lowest BCUT2D eigenvalue weighted by atomic mass is 9.82. The smallest absolute Gasteiger partial charge is 0.316 e. The molecule has 1 amide bonds. The minimum absolute atomic E-state index is 0.331. The number of carboxylic acids is 1. The summed E-state index contributed by atoms with van der Waals surface area (Å²) >= 11 is 0. The molecular formula is C18H25NO4. The number of carbonyl (C=O) groups excluding carboxylic acids is 1. The van der Waals surface area contributed by atoms with Crippen molar-refractivity contribution in [2.75, 3.05) is 7.11 Å². The molecule has 1 atom stereocenters. The number of aliphatic carboxylic acids is 1. The number of methoxy groups -OCH3 is 1. The maximum atomic E-state index is 12.2. The molecule has 1 aliphatic carbocycles. The molecule has 0 aliphatic heterocycles. The fraction of sp³-hybridized carbons (Fsp3) is 0.556. The highest BCUT2D eigenvalue weighted by atomic mass is 16.5. The molecule has 0 aromatic heterocycles. The third kappa shape index (κ3) is 5.27. The Kier molecular flexibility index (Phi) is 6.44. The zero-order valence-electron chi connectivity index (χ0n) is 13.6. The summed E-state index contributed by atoms with van der Waals surface area (Å²) in [6.45, 7) is 0.331. The van der Waals surface area contributed by atoms with Gasteiger partial charge in [-0.15, -0.1) is 0 Å². The van der Waals surface area contributed by atoms with Crippen LogP contribution in [0.25, 0.3) is 0 Å². The number of carboxylic acid groups (broad SMARTS) is 1. The fourth-order valence-corrected chi connectivity index (χ4v) is 3.13. The van der Waals surface area contributed by atoms with Gasteiger partial charge in [-0.2, -0.15) is 0 Å². The molecule has 0 bridgehead atoms. The van der Waals surface area contributed by atoms with Crippen LogP contribution in [0.4, 0.5) is 0 Å². The van der Waals surface area contributed by atoms with E-state index in [0.29, 0.717) is 18.9 Å². The van der Waals surface area contributed by atoms with E-state index in [1.54, 1.807) is 7.11 Å². The third-order valence-electron chi connectivity index (χ3n) is 4.53. The molecule has 1 unspecified atom stereocenters. The van der Waals surface area contributed by atoms with Crippen molar-refractivity contribution in [3.05, 3.63) is 29.8 Å². The molecular weight excluding hydrogens is 294 g/mol. The summed E-state index contributed by atoms with van der Waals surface area (Å²) in [5.74, 6) is -1.25. The van der Waals surface area contributed by atoms with Gasteiger partial charge < -0.3 is 15.2 Å². The van der Waals surface area contributed by atoms with Crippen LogP contribution in [-0.2, 0) is 16.1 Å². The predicted molar refractivity (Wildman–Crippen MR) is 87.2 cm³/mol. The summed E-state index contributed by atoms with van der Waals surface area (Å²) in [6.07, 6.45) is 6.03. The summed E-state index contributed by atoms with van der Waals surface area (Å²) in [5.41, 5.74) is 0.918. The number of hydrogen-bond donors (Lipinski definition) is 2. The first kappa shape index (κ1) is 17.3. The van der Waals surface area contributed by atoms with Crippen LogP contribution in [0.5, 0.6) is 5.75 Å². The van der Waals surface area contributed by atoms with Gasteiger partial charge in [-0.05, 0) is 30.0 Å². The van der Waals surface area contributed by atoms with E-state index < -0.39 is 11.9 Å². The van der Waals surface area contributed by atoms with Crippen LogP contribution < -0.4 is 10.1 Å². The van der Waals surface area contributed by atoms with Crippen molar-refractivity contribution in [3.63, 3.8) is 0 Å². The Morgan fingerprint density at radius 3 is 2.43 bits per heavy atom. The van der Waals surface area contributed by atoms with Crippen LogP contribution >= 0.6 is 0 Å². The van der Waals surface area contributed by atoms with Crippen LogP contribution in [0.15, 0.2) is 24.3 Å². The summed E-state index contributed by atoms with van der Waals surface area (Å²) in [5, 5.41) is 12.1. The van der Waals surface area contributed by atoms with Gasteiger partial charge in [0.25, 0.3) is 0 Å². The lowest BCUT2D eigenvalue weighted by Crippen LogP contribution is -2.36. The van der Waals surface area contributed by atoms with Gasteiger partial charge in [-0.3, -0.25) is 9.59 Å². The van der Waals surface area contributed by atoms with E-state index in [4.69, 9.17) is 4.74 Å². The molecule has 1 fully saturated rings. The van der Waals surface area contributed by atoms with E-state index in [1.807, 2.05) is 24.3 Å². The second-order valence-corrected chi connectivity index (χ2v) is 6.20. The van der Waals surface area contributed by atoms with Crippen molar-refractivity contribution in [2.45, 2.75) is 45.1 Å². The van der Waals surface area contributed by atoms with Gasteiger partial charge in [0.05, 0.1) is 7.11 Å². The monoisotopic (exact) mass is 319 g/mol. The van der Waals surface area contributed by atoms with Crippen LogP contribution in [0.1, 0.15) is 44.1 Å². The van der Waals surface area contributed by atoms with Crippen LogP contribution in [0, 0.1) is 11.8 Å². The number of amides is 1. The van der Waals surface area contributed by atoms with Gasteiger partial charge in [-0.25, -0.2) is 0 Å². The topological polar surface area (TPSA) is 75.6 Å². The molecule has 2 rings (SSSR count). The maximum Gasteiger partial charge on any atom is 0.316 e. The van der Waals surface area contributed by atoms with Gasteiger partial charge in [0.2, 0.25) is 5.91 Å². The van der Waals surface area contributed by atoms with Crippen molar-refractivity contribution in [3.8, 4) is 5.75 Å². The van der Waals surface area contributed by atoms with Crippen LogP contribution in [0.3, 0.4) is 0 Å². The zero-order chi connectivity index (χ0) is 16.7. The van der Waals surface area contributed by atoms with E-state index in [-0.39, 0.29) is 5.91 Å². The Morgan fingerprint density at radius 1 is 1.22 bits per heavy atom. The minimum atomic E-state index is -1.03. The molecule has 5 heteroatoms. The van der Waals surface area contributed by atoms with Gasteiger partial charge in [0.1, 0.15) is 11.7 Å². The highest BCUT2D eigenvalue weighted by molar-refractivity contribution is 5.96. The minimum Gasteiger partial charge on any atom is -0.497 e. The van der Waals surface area contributed by atoms with Crippen molar-refractivity contribution in [2.24, 2.45) is 11.8 Å². The summed E-state index contributed by atoms with van der Waals surface area (Å²) < 4.78 is 5.08. The summed E-state index contributed by atoms with van der Waals surface area (Å²) in [7, 11) is 1.60. The lowest BCUT2D eigenvalue weighted by molar-refractivity contribution is -0.148. The third-order valence-corrected chi connectivity index (χ3v) is 4.53. The molecule has 2 N–H and O–H groups in total. The first-order valence-electron chi connectivity index (χ1n) is 8.23. The molecule has 1 aromatic carbocycles. The van der Waals surface area contributed by atoms with Gasteiger partial charge >= 0.3 is 5.97 Å². The normalized spacial score (nSPS) is 16.6. The predicted octanol–water partition coefficient (Wildman–Crippen LogP) is 2.98. The summed E-state index contributed by atoms with van der Waals surface area (Å²) in [4.78, 5) is 23.7. The second kappa shape index (κ2) is 8.56. The maximum absolute atomic E-state index is 12.2. The van der Waals surface area contributed by atoms with Crippen molar-refractivity contribution in [1.82, 2.24) is 5.32 Å². The number of rotatable bonds is 7. The molecule has 1 aliphatic rings. The molecule has 23 heavy (non-hydrogen) atoms. The van der Waals surface area contributed by atoms with Crippen molar-refractivity contribution in [1.29, 1.82) is 0 Å². The first-order valence-corrected chi connectivity index (χ1v) is 8.23. The van der Waals surface area contributed by atoms with Crippen molar-refractivity contribution < 1.29 is 19.4 Å². The molecule has 1 saturated carbocycles. The van der Waals surface area contributed by atoms with Gasteiger partial charge in [0, 0.05) is 6.54 Å². The second-order valence-electron chi connectivity index (χ2n) is 6.20. The van der Waals surface area contributed by atoms with E-state index in [9.17, 15) is 14.7 Å². The van der Waals surface area contributed by atoms with Crippen LogP contribution in [-0.4, -0.2) is 24.1 Å². The van der Waals surface area contributed by atoms with Gasteiger partial charge in [0.15, 0.2) is 0 Å². The average molecular weight is 319 g/mol. The van der Waals surface area contributed by atoms with E-state index in [2.05, 4.69) is 5.32 Å². The van der Waals surface area contributed by atoms with Crippen LogP contribution in [0.2, 0.25) is 0 Å². The number of nitrogens with one attached hydrogen (secondary N) is 1. The number of carbonyl (C=O) groups is 2. The van der Waals surface area contributed by atoms with E-state index in [1.165, 1.54) is 6.42 Å². The number of ether oxygens (including phenoxy) is 1. The molecule has 126 valence electrons. The Balaban J connectivity index is 1.88. The zero-order valence-corrected chi connectivity index (χ0v) is 13.6. The highest BCUT2D eigenvalue weighted by Crippen LogP contribution is 2.29. The SMILES string of the molecule is COc1ccc(CNC(=O)C(CC2CCCCC2)C(=O)O)cc1. The quantitative estimate of drug-likeness (QED) is 0.758. The highest BCUT2D eigenvalue weighted by Gasteiger charge is 2.29. The largest absolute Gasteiger partial charge is 0.497 e. The summed E-state index contributed by atoms with van der Waals surface area (Å²) in [6, 6.07) is 7.35. The molecule has 0 saturated heterocycles. The van der Waals surface area contributed by atoms with E-state index >= 15 is 0 Å². The Morgan fingerprint density at radius 2 is 1.87 bits per heavy atom. The Labute approximate surface area is 137 Å². The van der Waals surface area contributed by atoms with Crippen molar-refractivity contribution >= 4 is 11.9 Å². The first-order chi connectivity index (χ1) is 11.1. The molecule has 5 nitrogen and oxygen atoms in total. The number of hydrogen-bond acceptors (Lipinski definition) is 3. The molecule has 0 radical (unpaired) electrons.